The van der Waals surface area contributed by atoms with Crippen LogP contribution in [0, 0.1) is 12.7 Å². The topological polar surface area (TPSA) is 33.1 Å². The standard InChI is InChI=1S/C25H21FN4S/c1-17-15-20(10-11-21(17)26)30-24(23(28-25(30)31)22-9-5-6-13-27-22)18-12-14-29(16-18)19-7-3-2-4-8-19/h2-16,23-24H,1H3,(H,28,31)/t23-,24+/m1/s1. The highest BCUT2D eigenvalue weighted by atomic mass is 32.1. The Morgan fingerprint density at radius 2 is 1.77 bits per heavy atom. The van der Waals surface area contributed by atoms with Crippen molar-refractivity contribution in [2.75, 3.05) is 4.90 Å². The maximum Gasteiger partial charge on any atom is 0.174 e. The lowest BCUT2D eigenvalue weighted by atomic mass is 9.98. The largest absolute Gasteiger partial charge is 0.351 e. The van der Waals surface area contributed by atoms with Crippen molar-refractivity contribution in [2.24, 2.45) is 0 Å². The summed E-state index contributed by atoms with van der Waals surface area (Å²) in [7, 11) is 0. The first-order valence-corrected chi connectivity index (χ1v) is 10.5. The highest BCUT2D eigenvalue weighted by Crippen LogP contribution is 2.42. The molecule has 2 aromatic heterocycles. The molecular weight excluding hydrogens is 407 g/mol. The number of aromatic nitrogens is 2. The van der Waals surface area contributed by atoms with Gasteiger partial charge in [-0.15, -0.1) is 0 Å². The van der Waals surface area contributed by atoms with E-state index in [0.717, 1.165) is 22.6 Å². The van der Waals surface area contributed by atoms with Crippen molar-refractivity contribution in [1.29, 1.82) is 0 Å². The van der Waals surface area contributed by atoms with Crippen molar-refractivity contribution in [3.05, 3.63) is 114 Å². The molecule has 0 spiro atoms. The SMILES string of the molecule is Cc1cc(N2C(=S)N[C@H](c3ccccn3)[C@@H]2c2ccn(-c3ccccc3)c2)ccc1F. The predicted molar refractivity (Wildman–Crippen MR) is 125 cm³/mol. The van der Waals surface area contributed by atoms with Gasteiger partial charge in [0.25, 0.3) is 0 Å². The number of anilines is 1. The van der Waals surface area contributed by atoms with E-state index >= 15 is 0 Å². The zero-order valence-corrected chi connectivity index (χ0v) is 17.8. The maximum absolute atomic E-state index is 14.0. The number of halogens is 1. The number of para-hydroxylation sites is 1. The Morgan fingerprint density at radius 3 is 2.52 bits per heavy atom. The lowest BCUT2D eigenvalue weighted by Gasteiger charge is -2.27. The Balaban J connectivity index is 1.61. The molecule has 31 heavy (non-hydrogen) atoms. The number of pyridine rings is 1. The molecule has 0 unspecified atom stereocenters. The lowest BCUT2D eigenvalue weighted by Crippen LogP contribution is -2.29. The molecule has 0 amide bonds. The smallest absolute Gasteiger partial charge is 0.174 e. The second-order valence-corrected chi connectivity index (χ2v) is 8.00. The minimum Gasteiger partial charge on any atom is -0.351 e. The molecule has 1 saturated heterocycles. The third-order valence-electron chi connectivity index (χ3n) is 5.63. The maximum atomic E-state index is 14.0. The number of benzene rings is 2. The zero-order chi connectivity index (χ0) is 21.4. The molecule has 1 fully saturated rings. The molecule has 6 heteroatoms. The first-order valence-electron chi connectivity index (χ1n) is 10.1. The van der Waals surface area contributed by atoms with Crippen LogP contribution >= 0.6 is 12.2 Å². The van der Waals surface area contributed by atoms with Crippen molar-refractivity contribution >= 4 is 23.0 Å². The van der Waals surface area contributed by atoms with Gasteiger partial charge in [-0.05, 0) is 78.8 Å². The molecule has 1 aliphatic rings. The highest BCUT2D eigenvalue weighted by molar-refractivity contribution is 7.80. The van der Waals surface area contributed by atoms with Crippen molar-refractivity contribution in [1.82, 2.24) is 14.9 Å². The molecule has 0 radical (unpaired) electrons. The molecule has 4 nitrogen and oxygen atoms in total. The number of thiocarbonyl (C=S) groups is 1. The first-order chi connectivity index (χ1) is 15.1. The lowest BCUT2D eigenvalue weighted by molar-refractivity contribution is 0.567. The number of nitrogens with one attached hydrogen (secondary N) is 1. The summed E-state index contributed by atoms with van der Waals surface area (Å²) in [5.74, 6) is -0.227. The number of hydrogen-bond acceptors (Lipinski definition) is 2. The van der Waals surface area contributed by atoms with Crippen LogP contribution in [0.1, 0.15) is 28.9 Å². The molecule has 1 aliphatic heterocycles. The van der Waals surface area contributed by atoms with Crippen molar-refractivity contribution in [2.45, 2.75) is 19.0 Å². The van der Waals surface area contributed by atoms with Crippen LogP contribution in [0.5, 0.6) is 0 Å². The molecule has 3 heterocycles. The van der Waals surface area contributed by atoms with Gasteiger partial charge in [-0.3, -0.25) is 4.98 Å². The van der Waals surface area contributed by atoms with E-state index in [-0.39, 0.29) is 17.9 Å². The molecule has 0 aliphatic carbocycles. The normalized spacial score (nSPS) is 18.3. The van der Waals surface area contributed by atoms with E-state index in [0.29, 0.717) is 10.7 Å². The Morgan fingerprint density at radius 1 is 0.968 bits per heavy atom. The van der Waals surface area contributed by atoms with E-state index in [1.165, 1.54) is 6.07 Å². The van der Waals surface area contributed by atoms with E-state index in [9.17, 15) is 4.39 Å². The van der Waals surface area contributed by atoms with Crippen molar-refractivity contribution in [3.8, 4) is 5.69 Å². The van der Waals surface area contributed by atoms with Crippen LogP contribution in [0.15, 0.2) is 91.4 Å². The van der Waals surface area contributed by atoms with E-state index < -0.39 is 0 Å². The van der Waals surface area contributed by atoms with Gasteiger partial charge in [-0.1, -0.05) is 24.3 Å². The van der Waals surface area contributed by atoms with Crippen molar-refractivity contribution < 1.29 is 4.39 Å². The minimum atomic E-state index is -0.227. The summed E-state index contributed by atoms with van der Waals surface area (Å²) in [6, 6.07) is 23.0. The Bertz CT molecular complexity index is 1220. The average molecular weight is 429 g/mol. The van der Waals surface area contributed by atoms with Crippen LogP contribution < -0.4 is 10.2 Å². The van der Waals surface area contributed by atoms with Gasteiger partial charge in [-0.2, -0.15) is 0 Å². The summed E-state index contributed by atoms with van der Waals surface area (Å²) in [6.45, 7) is 1.77. The fourth-order valence-electron chi connectivity index (χ4n) is 4.10. The van der Waals surface area contributed by atoms with E-state index in [1.54, 1.807) is 19.2 Å². The van der Waals surface area contributed by atoms with Crippen LogP contribution in [0.25, 0.3) is 5.69 Å². The summed E-state index contributed by atoms with van der Waals surface area (Å²) >= 11 is 5.74. The fraction of sp³-hybridized carbons (Fsp3) is 0.120. The summed E-state index contributed by atoms with van der Waals surface area (Å²) in [6.07, 6.45) is 5.96. The molecule has 1 N–H and O–H groups in total. The van der Waals surface area contributed by atoms with Gasteiger partial charge in [0.15, 0.2) is 5.11 Å². The molecule has 5 rings (SSSR count). The zero-order valence-electron chi connectivity index (χ0n) is 16.9. The summed E-state index contributed by atoms with van der Waals surface area (Å²) in [5, 5.41) is 4.04. The van der Waals surface area contributed by atoms with Crippen LogP contribution in [0.4, 0.5) is 10.1 Å². The molecule has 0 bridgehead atoms. The van der Waals surface area contributed by atoms with Gasteiger partial charge in [0.05, 0.1) is 17.8 Å². The van der Waals surface area contributed by atoms with Gasteiger partial charge in [-0.25, -0.2) is 4.39 Å². The van der Waals surface area contributed by atoms with Crippen LogP contribution in [-0.4, -0.2) is 14.7 Å². The third kappa shape index (κ3) is 3.59. The van der Waals surface area contributed by atoms with Gasteiger partial charge in [0.2, 0.25) is 0 Å². The van der Waals surface area contributed by atoms with Gasteiger partial charge in [0.1, 0.15) is 5.82 Å². The van der Waals surface area contributed by atoms with Gasteiger partial charge >= 0.3 is 0 Å². The molecule has 2 aromatic carbocycles. The summed E-state index contributed by atoms with van der Waals surface area (Å²) in [5.41, 5.74) is 4.52. The number of hydrogen-bond donors (Lipinski definition) is 1. The minimum absolute atomic E-state index is 0.128. The highest BCUT2D eigenvalue weighted by Gasteiger charge is 2.41. The number of aryl methyl sites for hydroxylation is 1. The van der Waals surface area contributed by atoms with Crippen LogP contribution in [0.3, 0.4) is 0 Å². The molecule has 2 atom stereocenters. The van der Waals surface area contributed by atoms with Gasteiger partial charge in [0, 0.05) is 30.0 Å². The second kappa shape index (κ2) is 7.96. The average Bonchev–Trinajstić information content (AvgIpc) is 3.41. The van der Waals surface area contributed by atoms with Crippen molar-refractivity contribution in [3.63, 3.8) is 0 Å². The van der Waals surface area contributed by atoms with E-state index in [2.05, 4.69) is 50.4 Å². The first kappa shape index (κ1) is 19.5. The molecule has 0 saturated carbocycles. The Kier molecular flexibility index (Phi) is 5.00. The van der Waals surface area contributed by atoms with Crippen LogP contribution in [0.2, 0.25) is 0 Å². The molecule has 4 aromatic rings. The Hall–Kier alpha value is -3.51. The van der Waals surface area contributed by atoms with Gasteiger partial charge < -0.3 is 14.8 Å². The van der Waals surface area contributed by atoms with Crippen LogP contribution in [-0.2, 0) is 0 Å². The van der Waals surface area contributed by atoms with E-state index in [1.807, 2.05) is 42.5 Å². The van der Waals surface area contributed by atoms with E-state index in [4.69, 9.17) is 12.2 Å². The summed E-state index contributed by atoms with van der Waals surface area (Å²) in [4.78, 5) is 6.64. The number of rotatable bonds is 4. The molecular formula is C25H21FN4S. The summed E-state index contributed by atoms with van der Waals surface area (Å²) < 4.78 is 16.1. The molecule has 154 valence electrons. The number of nitrogens with zero attached hydrogens (tertiary/aromatic N) is 3. The fourth-order valence-corrected chi connectivity index (χ4v) is 4.45. The monoisotopic (exact) mass is 428 g/mol. The predicted octanol–water partition coefficient (Wildman–Crippen LogP) is 5.50. The third-order valence-corrected chi connectivity index (χ3v) is 5.94. The second-order valence-electron chi connectivity index (χ2n) is 7.62. The Labute approximate surface area is 186 Å². The quantitative estimate of drug-likeness (QED) is 0.435.